The van der Waals surface area contributed by atoms with Gasteiger partial charge < -0.3 is 24.6 Å². The second-order valence-electron chi connectivity index (χ2n) is 7.14. The molecule has 0 aromatic heterocycles. The SMILES string of the molecule is COCO[C@H]1COC[C@@](NC(=S)NC(=O)c2ccccc2)(c2ccccc2F)[C@@H]1CO. The van der Waals surface area contributed by atoms with E-state index in [-0.39, 0.29) is 37.3 Å². The van der Waals surface area contributed by atoms with Gasteiger partial charge in [0.25, 0.3) is 5.91 Å². The minimum Gasteiger partial charge on any atom is -0.396 e. The van der Waals surface area contributed by atoms with Gasteiger partial charge in [0.05, 0.1) is 31.5 Å². The number of aliphatic hydroxyl groups is 1. The first-order valence-electron chi connectivity index (χ1n) is 9.74. The van der Waals surface area contributed by atoms with Gasteiger partial charge in [-0.25, -0.2) is 4.39 Å². The summed E-state index contributed by atoms with van der Waals surface area (Å²) in [5.41, 5.74) is -0.611. The van der Waals surface area contributed by atoms with Crippen molar-refractivity contribution < 1.29 is 28.5 Å². The normalized spacial score (nSPS) is 23.2. The number of nitrogens with one attached hydrogen (secondary N) is 2. The van der Waals surface area contributed by atoms with E-state index in [1.54, 1.807) is 48.5 Å². The Morgan fingerprint density at radius 2 is 1.97 bits per heavy atom. The fourth-order valence-electron chi connectivity index (χ4n) is 3.76. The lowest BCUT2D eigenvalue weighted by molar-refractivity contribution is -0.174. The number of amides is 1. The average Bonchev–Trinajstić information content (AvgIpc) is 2.78. The molecule has 9 heteroatoms. The lowest BCUT2D eigenvalue weighted by Crippen LogP contribution is -2.64. The highest BCUT2D eigenvalue weighted by atomic mass is 32.1. The van der Waals surface area contributed by atoms with Crippen LogP contribution in [-0.2, 0) is 19.7 Å². The smallest absolute Gasteiger partial charge is 0.257 e. The molecule has 0 spiro atoms. The van der Waals surface area contributed by atoms with Crippen molar-refractivity contribution in [1.82, 2.24) is 10.6 Å². The lowest BCUT2D eigenvalue weighted by Gasteiger charge is -2.48. The van der Waals surface area contributed by atoms with E-state index in [0.29, 0.717) is 5.56 Å². The number of rotatable bonds is 7. The zero-order valence-electron chi connectivity index (χ0n) is 17.0. The summed E-state index contributed by atoms with van der Waals surface area (Å²) in [5, 5.41) is 15.9. The molecule has 0 radical (unpaired) electrons. The van der Waals surface area contributed by atoms with E-state index in [1.165, 1.54) is 13.2 Å². The molecule has 31 heavy (non-hydrogen) atoms. The standard InChI is InChI=1S/C22H25FN2O5S/c1-28-14-30-19-12-29-13-22(17(19)11-26,16-9-5-6-10-18(16)23)25-21(31)24-20(27)15-7-3-2-4-8-15/h2-10,17,19,26H,11-14H2,1H3,(H2,24,25,27,31)/t17-,19+,22-/m1/s1. The van der Waals surface area contributed by atoms with Crippen molar-refractivity contribution in [2.45, 2.75) is 11.6 Å². The number of carbonyl (C=O) groups is 1. The predicted octanol–water partition coefficient (Wildman–Crippen LogP) is 1.95. The number of hydrogen-bond donors (Lipinski definition) is 3. The third-order valence-electron chi connectivity index (χ3n) is 5.24. The Morgan fingerprint density at radius 3 is 2.65 bits per heavy atom. The van der Waals surface area contributed by atoms with Crippen LogP contribution in [0.3, 0.4) is 0 Å². The molecule has 2 aromatic rings. The summed E-state index contributed by atoms with van der Waals surface area (Å²) in [6.45, 7) is -0.162. The Balaban J connectivity index is 1.92. The van der Waals surface area contributed by atoms with Gasteiger partial charge in [0, 0.05) is 24.2 Å². The summed E-state index contributed by atoms with van der Waals surface area (Å²) in [6, 6.07) is 14.7. The fraction of sp³-hybridized carbons (Fsp3) is 0.364. The molecule has 166 valence electrons. The van der Waals surface area contributed by atoms with E-state index in [0.717, 1.165) is 0 Å². The molecule has 3 rings (SSSR count). The van der Waals surface area contributed by atoms with Gasteiger partial charge in [0.15, 0.2) is 5.11 Å². The highest BCUT2D eigenvalue weighted by Gasteiger charge is 2.50. The summed E-state index contributed by atoms with van der Waals surface area (Å²) in [4.78, 5) is 12.5. The number of thiocarbonyl (C=S) groups is 1. The maximum Gasteiger partial charge on any atom is 0.257 e. The van der Waals surface area contributed by atoms with Crippen LogP contribution < -0.4 is 10.6 Å². The molecule has 1 saturated heterocycles. The molecular formula is C22H25FN2O5S. The minimum atomic E-state index is -1.28. The highest BCUT2D eigenvalue weighted by molar-refractivity contribution is 7.80. The van der Waals surface area contributed by atoms with Crippen LogP contribution in [0.25, 0.3) is 0 Å². The Hall–Kier alpha value is -2.43. The van der Waals surface area contributed by atoms with E-state index in [4.69, 9.17) is 26.4 Å². The Kier molecular flexibility index (Phi) is 8.05. The Labute approximate surface area is 185 Å². The van der Waals surface area contributed by atoms with Crippen LogP contribution in [-0.4, -0.2) is 56.0 Å². The Morgan fingerprint density at radius 1 is 1.26 bits per heavy atom. The zero-order chi connectivity index (χ0) is 22.3. The summed E-state index contributed by atoms with van der Waals surface area (Å²) >= 11 is 5.38. The highest BCUT2D eigenvalue weighted by Crippen LogP contribution is 2.38. The number of hydrogen-bond acceptors (Lipinski definition) is 6. The van der Waals surface area contributed by atoms with Crippen molar-refractivity contribution >= 4 is 23.2 Å². The molecule has 0 bridgehead atoms. The molecule has 1 fully saturated rings. The molecule has 7 nitrogen and oxygen atoms in total. The summed E-state index contributed by atoms with van der Waals surface area (Å²) in [7, 11) is 1.48. The molecule has 1 amide bonds. The van der Waals surface area contributed by atoms with Crippen molar-refractivity contribution in [3.05, 3.63) is 71.5 Å². The Bertz CT molecular complexity index is 900. The van der Waals surface area contributed by atoms with Crippen LogP contribution in [0, 0.1) is 11.7 Å². The van der Waals surface area contributed by atoms with Crippen molar-refractivity contribution in [2.75, 3.05) is 33.7 Å². The summed E-state index contributed by atoms with van der Waals surface area (Å²) < 4.78 is 31.3. The quantitative estimate of drug-likeness (QED) is 0.441. The maximum absolute atomic E-state index is 14.9. The average molecular weight is 449 g/mol. The molecule has 1 aliphatic rings. The van der Waals surface area contributed by atoms with E-state index >= 15 is 0 Å². The van der Waals surface area contributed by atoms with Crippen LogP contribution in [0.15, 0.2) is 54.6 Å². The molecular weight excluding hydrogens is 423 g/mol. The number of methoxy groups -OCH3 is 1. The number of carbonyl (C=O) groups excluding carboxylic acids is 1. The van der Waals surface area contributed by atoms with E-state index in [1.807, 2.05) is 0 Å². The second kappa shape index (κ2) is 10.7. The number of benzene rings is 2. The summed E-state index contributed by atoms with van der Waals surface area (Å²) in [5.74, 6) is -1.55. The van der Waals surface area contributed by atoms with E-state index in [2.05, 4.69) is 10.6 Å². The first kappa shape index (κ1) is 23.2. The minimum absolute atomic E-state index is 0.00729. The largest absolute Gasteiger partial charge is 0.396 e. The van der Waals surface area contributed by atoms with Gasteiger partial charge in [0.2, 0.25) is 0 Å². The van der Waals surface area contributed by atoms with Crippen LogP contribution in [0.4, 0.5) is 4.39 Å². The molecule has 1 aliphatic heterocycles. The molecule has 0 unspecified atom stereocenters. The number of ether oxygens (including phenoxy) is 3. The molecule has 3 N–H and O–H groups in total. The van der Waals surface area contributed by atoms with Crippen molar-refractivity contribution in [1.29, 1.82) is 0 Å². The van der Waals surface area contributed by atoms with Gasteiger partial charge in [-0.05, 0) is 30.4 Å². The topological polar surface area (TPSA) is 89.0 Å². The van der Waals surface area contributed by atoms with Crippen LogP contribution in [0.1, 0.15) is 15.9 Å². The van der Waals surface area contributed by atoms with Crippen molar-refractivity contribution in [3.8, 4) is 0 Å². The van der Waals surface area contributed by atoms with Crippen molar-refractivity contribution in [2.24, 2.45) is 5.92 Å². The fourth-order valence-corrected chi connectivity index (χ4v) is 4.04. The first-order valence-corrected chi connectivity index (χ1v) is 10.2. The van der Waals surface area contributed by atoms with Gasteiger partial charge in [-0.1, -0.05) is 36.4 Å². The molecule has 2 aromatic carbocycles. The number of aliphatic hydroxyl groups excluding tert-OH is 1. The van der Waals surface area contributed by atoms with Gasteiger partial charge in [0.1, 0.15) is 12.6 Å². The maximum atomic E-state index is 14.9. The third kappa shape index (κ3) is 5.25. The van der Waals surface area contributed by atoms with Gasteiger partial charge in [-0.3, -0.25) is 10.1 Å². The molecule has 3 atom stereocenters. The van der Waals surface area contributed by atoms with E-state index < -0.39 is 29.3 Å². The molecule has 0 aliphatic carbocycles. The van der Waals surface area contributed by atoms with Crippen LogP contribution in [0.5, 0.6) is 0 Å². The zero-order valence-corrected chi connectivity index (χ0v) is 17.9. The van der Waals surface area contributed by atoms with Crippen LogP contribution >= 0.6 is 12.2 Å². The monoisotopic (exact) mass is 448 g/mol. The molecule has 1 heterocycles. The van der Waals surface area contributed by atoms with Crippen LogP contribution in [0.2, 0.25) is 0 Å². The van der Waals surface area contributed by atoms with Crippen molar-refractivity contribution in [3.63, 3.8) is 0 Å². The van der Waals surface area contributed by atoms with Gasteiger partial charge in [-0.15, -0.1) is 0 Å². The van der Waals surface area contributed by atoms with Gasteiger partial charge in [-0.2, -0.15) is 0 Å². The first-order chi connectivity index (χ1) is 15.0. The molecule has 0 saturated carbocycles. The van der Waals surface area contributed by atoms with E-state index in [9.17, 15) is 14.3 Å². The van der Waals surface area contributed by atoms with Gasteiger partial charge >= 0.3 is 0 Å². The second-order valence-corrected chi connectivity index (χ2v) is 7.55. The number of halogens is 1. The third-order valence-corrected chi connectivity index (χ3v) is 5.45. The summed E-state index contributed by atoms with van der Waals surface area (Å²) in [6.07, 6.45) is -0.599. The predicted molar refractivity (Wildman–Crippen MR) is 116 cm³/mol. The lowest BCUT2D eigenvalue weighted by atomic mass is 9.74.